The van der Waals surface area contributed by atoms with Gasteiger partial charge in [0, 0.05) is 13.1 Å². The Hall–Kier alpha value is -0.700. The Morgan fingerprint density at radius 1 is 1.82 bits per heavy atom. The van der Waals surface area contributed by atoms with E-state index in [1.165, 1.54) is 0 Å². The van der Waals surface area contributed by atoms with Gasteiger partial charge in [-0.1, -0.05) is 18.5 Å². The van der Waals surface area contributed by atoms with E-state index in [2.05, 4.69) is 17.3 Å². The Bertz CT molecular complexity index is 269. The second-order valence-electron chi connectivity index (χ2n) is 3.01. The standard InChI is InChI=1S/C7H10ClN3/c1-5-2-9-7-6(8)3-10-11(7)4-5/h3,5,9H,2,4H2,1H3. The molecule has 0 spiro atoms. The molecule has 1 atom stereocenters. The van der Waals surface area contributed by atoms with Gasteiger partial charge in [-0.05, 0) is 5.92 Å². The van der Waals surface area contributed by atoms with Crippen molar-refractivity contribution in [1.29, 1.82) is 0 Å². The van der Waals surface area contributed by atoms with Gasteiger partial charge in [-0.15, -0.1) is 0 Å². The highest BCUT2D eigenvalue weighted by Gasteiger charge is 2.16. The summed E-state index contributed by atoms with van der Waals surface area (Å²) in [7, 11) is 0. The molecule has 11 heavy (non-hydrogen) atoms. The van der Waals surface area contributed by atoms with E-state index in [9.17, 15) is 0 Å². The van der Waals surface area contributed by atoms with Crippen LogP contribution in [0, 0.1) is 5.92 Å². The highest BCUT2D eigenvalue weighted by molar-refractivity contribution is 6.32. The number of rotatable bonds is 0. The summed E-state index contributed by atoms with van der Waals surface area (Å²) in [5.74, 6) is 1.60. The zero-order valence-electron chi connectivity index (χ0n) is 6.34. The molecular weight excluding hydrogens is 162 g/mol. The van der Waals surface area contributed by atoms with Gasteiger partial charge in [-0.2, -0.15) is 5.10 Å². The maximum atomic E-state index is 5.86. The van der Waals surface area contributed by atoms with Crippen LogP contribution in [0.2, 0.25) is 5.02 Å². The molecule has 1 aliphatic heterocycles. The van der Waals surface area contributed by atoms with Gasteiger partial charge in [0.1, 0.15) is 10.8 Å². The molecule has 60 valence electrons. The molecule has 2 rings (SSSR count). The van der Waals surface area contributed by atoms with E-state index in [0.717, 1.165) is 23.9 Å². The maximum Gasteiger partial charge on any atom is 0.143 e. The number of nitrogens with zero attached hydrogens (tertiary/aromatic N) is 2. The van der Waals surface area contributed by atoms with E-state index in [1.807, 2.05) is 4.68 Å². The molecule has 0 amide bonds. The highest BCUT2D eigenvalue weighted by atomic mass is 35.5. The molecule has 2 heterocycles. The summed E-state index contributed by atoms with van der Waals surface area (Å²) < 4.78 is 1.91. The first kappa shape index (κ1) is 6.98. The normalized spacial score (nSPS) is 22.5. The van der Waals surface area contributed by atoms with Crippen LogP contribution in [0.25, 0.3) is 0 Å². The number of aromatic nitrogens is 2. The van der Waals surface area contributed by atoms with Crippen molar-refractivity contribution in [1.82, 2.24) is 9.78 Å². The molecular formula is C7H10ClN3. The Morgan fingerprint density at radius 2 is 2.64 bits per heavy atom. The van der Waals surface area contributed by atoms with Gasteiger partial charge in [-0.25, -0.2) is 4.68 Å². The van der Waals surface area contributed by atoms with Crippen molar-refractivity contribution in [2.75, 3.05) is 11.9 Å². The molecule has 0 saturated heterocycles. The van der Waals surface area contributed by atoms with Crippen molar-refractivity contribution in [2.45, 2.75) is 13.5 Å². The Balaban J connectivity index is 2.36. The largest absolute Gasteiger partial charge is 0.369 e. The van der Waals surface area contributed by atoms with Gasteiger partial charge in [0.25, 0.3) is 0 Å². The lowest BCUT2D eigenvalue weighted by Gasteiger charge is -2.21. The quantitative estimate of drug-likeness (QED) is 0.643. The number of halogens is 1. The first-order valence-corrected chi connectivity index (χ1v) is 4.10. The molecule has 1 aromatic heterocycles. The monoisotopic (exact) mass is 171 g/mol. The summed E-state index contributed by atoms with van der Waals surface area (Å²) >= 11 is 5.86. The molecule has 4 heteroatoms. The van der Waals surface area contributed by atoms with Crippen LogP contribution in [-0.4, -0.2) is 16.3 Å². The Kier molecular flexibility index (Phi) is 1.53. The summed E-state index contributed by atoms with van der Waals surface area (Å²) in [4.78, 5) is 0. The molecule has 1 N–H and O–H groups in total. The zero-order valence-corrected chi connectivity index (χ0v) is 7.10. The number of hydrogen-bond acceptors (Lipinski definition) is 2. The molecule has 3 nitrogen and oxygen atoms in total. The summed E-state index contributed by atoms with van der Waals surface area (Å²) in [5, 5.41) is 8.08. The predicted octanol–water partition coefficient (Wildman–Crippen LogP) is 1.60. The maximum absolute atomic E-state index is 5.86. The smallest absolute Gasteiger partial charge is 0.143 e. The summed E-state index contributed by atoms with van der Waals surface area (Å²) in [6, 6.07) is 0. The van der Waals surface area contributed by atoms with Crippen molar-refractivity contribution in [2.24, 2.45) is 5.92 Å². The third-order valence-corrected chi connectivity index (χ3v) is 2.17. The van der Waals surface area contributed by atoms with Crippen LogP contribution in [0.5, 0.6) is 0 Å². The average Bonchev–Trinajstić information content (AvgIpc) is 2.32. The molecule has 0 fully saturated rings. The molecule has 1 unspecified atom stereocenters. The second-order valence-corrected chi connectivity index (χ2v) is 3.42. The van der Waals surface area contributed by atoms with Crippen LogP contribution < -0.4 is 5.32 Å². The van der Waals surface area contributed by atoms with E-state index in [0.29, 0.717) is 5.92 Å². The van der Waals surface area contributed by atoms with Crippen LogP contribution in [0.1, 0.15) is 6.92 Å². The number of anilines is 1. The summed E-state index contributed by atoms with van der Waals surface area (Å²) in [6.45, 7) is 4.14. The van der Waals surface area contributed by atoms with Crippen molar-refractivity contribution < 1.29 is 0 Å². The van der Waals surface area contributed by atoms with Crippen molar-refractivity contribution in [3.63, 3.8) is 0 Å². The van der Waals surface area contributed by atoms with E-state index >= 15 is 0 Å². The van der Waals surface area contributed by atoms with E-state index < -0.39 is 0 Å². The average molecular weight is 172 g/mol. The lowest BCUT2D eigenvalue weighted by molar-refractivity contribution is 0.445. The number of fused-ring (bicyclic) bond motifs is 1. The lowest BCUT2D eigenvalue weighted by Crippen LogP contribution is -2.25. The molecule has 0 aliphatic carbocycles. The fourth-order valence-corrected chi connectivity index (χ4v) is 1.52. The van der Waals surface area contributed by atoms with Gasteiger partial charge >= 0.3 is 0 Å². The van der Waals surface area contributed by atoms with Gasteiger partial charge in [0.2, 0.25) is 0 Å². The fourth-order valence-electron chi connectivity index (χ4n) is 1.31. The number of hydrogen-bond donors (Lipinski definition) is 1. The predicted molar refractivity (Wildman–Crippen MR) is 44.9 cm³/mol. The van der Waals surface area contributed by atoms with Crippen molar-refractivity contribution in [3.05, 3.63) is 11.2 Å². The van der Waals surface area contributed by atoms with E-state index in [-0.39, 0.29) is 0 Å². The lowest BCUT2D eigenvalue weighted by atomic mass is 10.1. The topological polar surface area (TPSA) is 29.9 Å². The zero-order chi connectivity index (χ0) is 7.84. The molecule has 0 aromatic carbocycles. The first-order chi connectivity index (χ1) is 5.27. The third kappa shape index (κ3) is 1.09. The molecule has 1 aromatic rings. The van der Waals surface area contributed by atoms with Gasteiger partial charge in [-0.3, -0.25) is 0 Å². The first-order valence-electron chi connectivity index (χ1n) is 3.72. The minimum Gasteiger partial charge on any atom is -0.369 e. The van der Waals surface area contributed by atoms with Gasteiger partial charge in [0.05, 0.1) is 6.20 Å². The van der Waals surface area contributed by atoms with E-state index in [4.69, 9.17) is 11.6 Å². The van der Waals surface area contributed by atoms with Crippen molar-refractivity contribution in [3.8, 4) is 0 Å². The van der Waals surface area contributed by atoms with Crippen LogP contribution in [0.15, 0.2) is 6.20 Å². The van der Waals surface area contributed by atoms with Gasteiger partial charge in [0.15, 0.2) is 0 Å². The summed E-state index contributed by atoms with van der Waals surface area (Å²) in [5.41, 5.74) is 0. The Labute approximate surface area is 70.3 Å². The van der Waals surface area contributed by atoms with Gasteiger partial charge < -0.3 is 5.32 Å². The summed E-state index contributed by atoms with van der Waals surface area (Å²) in [6.07, 6.45) is 1.68. The molecule has 0 bridgehead atoms. The molecule has 0 saturated carbocycles. The minimum atomic E-state index is 0.637. The highest BCUT2D eigenvalue weighted by Crippen LogP contribution is 2.24. The fraction of sp³-hybridized carbons (Fsp3) is 0.571. The van der Waals surface area contributed by atoms with Crippen LogP contribution in [-0.2, 0) is 6.54 Å². The van der Waals surface area contributed by atoms with Crippen LogP contribution in [0.4, 0.5) is 5.82 Å². The van der Waals surface area contributed by atoms with Crippen LogP contribution >= 0.6 is 11.6 Å². The van der Waals surface area contributed by atoms with Crippen molar-refractivity contribution >= 4 is 17.4 Å². The second kappa shape index (κ2) is 2.41. The third-order valence-electron chi connectivity index (χ3n) is 1.90. The number of nitrogens with one attached hydrogen (secondary N) is 1. The molecule has 0 radical (unpaired) electrons. The minimum absolute atomic E-state index is 0.637. The molecule has 1 aliphatic rings. The Morgan fingerprint density at radius 3 is 3.45 bits per heavy atom. The SMILES string of the molecule is CC1CNc2c(Cl)cnn2C1. The van der Waals surface area contributed by atoms with E-state index in [1.54, 1.807) is 6.20 Å². The van der Waals surface area contributed by atoms with Crippen LogP contribution in [0.3, 0.4) is 0 Å².